The Morgan fingerprint density at radius 3 is 2.00 bits per heavy atom. The maximum atomic E-state index is 13.2. The highest BCUT2D eigenvalue weighted by atomic mass is 16.5. The SMILES string of the molecule is COc1ccccc1/C=C/C(=O)OCC1c2cc(OC)c(OC)cc2C[C@H]2[C@H](N(C)C)c3cc(OC)c(OC)cc3C[C@@H](C#N)N12. The van der Waals surface area contributed by atoms with Crippen LogP contribution in [0.15, 0.2) is 54.6 Å². The van der Waals surface area contributed by atoms with E-state index >= 15 is 0 Å². The summed E-state index contributed by atoms with van der Waals surface area (Å²) in [5.41, 5.74) is 4.80. The molecule has 0 aromatic heterocycles. The van der Waals surface area contributed by atoms with Gasteiger partial charge in [0, 0.05) is 24.1 Å². The van der Waals surface area contributed by atoms with Gasteiger partial charge in [-0.05, 0) is 79.2 Å². The van der Waals surface area contributed by atoms with E-state index in [1.54, 1.807) is 41.6 Å². The number of benzene rings is 3. The normalized spacial score (nSPS) is 20.5. The van der Waals surface area contributed by atoms with Gasteiger partial charge in [0.15, 0.2) is 23.0 Å². The van der Waals surface area contributed by atoms with Crippen LogP contribution in [0, 0.1) is 11.3 Å². The molecule has 3 aromatic carbocycles. The standard InChI is InChI=1S/C36H41N3O7/c1-38(2)36-27-19-34(45-7)31(42-4)16-23(27)14-25(20-37)39-28(36)15-24-17-32(43-5)33(44-6)18-26(24)29(39)21-46-35(40)13-12-22-10-8-9-11-30(22)41-3/h8-13,16-19,25,28-29,36H,14-15,21H2,1-7H3/b13-12+/t25-,28-,29?,36+/m0/s1. The molecule has 2 heterocycles. The zero-order chi connectivity index (χ0) is 33.0. The van der Waals surface area contributed by atoms with E-state index in [0.29, 0.717) is 41.6 Å². The highest BCUT2D eigenvalue weighted by Gasteiger charge is 2.47. The van der Waals surface area contributed by atoms with Gasteiger partial charge in [-0.2, -0.15) is 5.26 Å². The molecule has 0 saturated carbocycles. The molecule has 4 atom stereocenters. The van der Waals surface area contributed by atoms with Crippen LogP contribution in [0.25, 0.3) is 6.08 Å². The maximum absolute atomic E-state index is 13.2. The van der Waals surface area contributed by atoms with Crippen molar-refractivity contribution in [1.82, 2.24) is 9.80 Å². The molecule has 3 aromatic rings. The van der Waals surface area contributed by atoms with Crippen molar-refractivity contribution in [3.8, 4) is 34.8 Å². The third kappa shape index (κ3) is 6.21. The number of hydrogen-bond donors (Lipinski definition) is 0. The first-order chi connectivity index (χ1) is 22.3. The van der Waals surface area contributed by atoms with E-state index in [1.165, 1.54) is 6.08 Å². The first-order valence-electron chi connectivity index (χ1n) is 15.1. The van der Waals surface area contributed by atoms with E-state index in [2.05, 4.69) is 15.9 Å². The molecule has 0 saturated heterocycles. The van der Waals surface area contributed by atoms with Gasteiger partial charge in [-0.3, -0.25) is 4.90 Å². The molecule has 0 amide bonds. The Balaban J connectivity index is 1.59. The number of hydrogen-bond acceptors (Lipinski definition) is 10. The summed E-state index contributed by atoms with van der Waals surface area (Å²) in [5.74, 6) is 2.58. The largest absolute Gasteiger partial charge is 0.496 e. The Kier molecular flexibility index (Phi) is 10.0. The van der Waals surface area contributed by atoms with Gasteiger partial charge in [0.05, 0.1) is 53.7 Å². The lowest BCUT2D eigenvalue weighted by Crippen LogP contribution is -2.54. The van der Waals surface area contributed by atoms with Crippen molar-refractivity contribution in [2.75, 3.05) is 56.3 Å². The van der Waals surface area contributed by atoms with Crippen molar-refractivity contribution in [2.24, 2.45) is 0 Å². The molecule has 0 aliphatic carbocycles. The number of nitrogens with zero attached hydrogens (tertiary/aromatic N) is 3. The Bertz CT molecular complexity index is 1650. The summed E-state index contributed by atoms with van der Waals surface area (Å²) in [6.45, 7) is 0.0232. The van der Waals surface area contributed by atoms with Crippen molar-refractivity contribution in [3.05, 3.63) is 82.4 Å². The minimum atomic E-state index is -0.527. The molecule has 242 valence electrons. The number of methoxy groups -OCH3 is 5. The van der Waals surface area contributed by atoms with Crippen LogP contribution >= 0.6 is 0 Å². The molecule has 2 aliphatic rings. The number of rotatable bonds is 10. The number of carbonyl (C=O) groups excluding carboxylic acids is 1. The van der Waals surface area contributed by atoms with Gasteiger partial charge < -0.3 is 33.3 Å². The summed E-state index contributed by atoms with van der Waals surface area (Å²) in [4.78, 5) is 17.5. The number of carbonyl (C=O) groups is 1. The fourth-order valence-electron chi connectivity index (χ4n) is 6.86. The van der Waals surface area contributed by atoms with Gasteiger partial charge in [-0.1, -0.05) is 18.2 Å². The molecule has 10 nitrogen and oxygen atoms in total. The third-order valence-electron chi connectivity index (χ3n) is 8.90. The monoisotopic (exact) mass is 627 g/mol. The van der Waals surface area contributed by atoms with Gasteiger partial charge in [0.2, 0.25) is 0 Å². The maximum Gasteiger partial charge on any atom is 0.330 e. The quantitative estimate of drug-likeness (QED) is 0.225. The van der Waals surface area contributed by atoms with E-state index in [9.17, 15) is 10.1 Å². The lowest BCUT2D eigenvalue weighted by molar-refractivity contribution is -0.140. The third-order valence-corrected chi connectivity index (χ3v) is 8.90. The second kappa shape index (κ2) is 14.1. The number of para-hydroxylation sites is 1. The Morgan fingerprint density at radius 2 is 1.41 bits per heavy atom. The Labute approximate surface area is 270 Å². The molecule has 10 heteroatoms. The van der Waals surface area contributed by atoms with Gasteiger partial charge in [0.25, 0.3) is 0 Å². The lowest BCUT2D eigenvalue weighted by Gasteiger charge is -2.48. The van der Waals surface area contributed by atoms with Gasteiger partial charge in [0.1, 0.15) is 18.4 Å². The van der Waals surface area contributed by atoms with Crippen molar-refractivity contribution in [3.63, 3.8) is 0 Å². The first-order valence-corrected chi connectivity index (χ1v) is 15.1. The van der Waals surface area contributed by atoms with E-state index < -0.39 is 18.1 Å². The molecule has 0 N–H and O–H groups in total. The van der Waals surface area contributed by atoms with Crippen molar-refractivity contribution >= 4 is 12.0 Å². The minimum Gasteiger partial charge on any atom is -0.496 e. The number of fused-ring (bicyclic) bond motifs is 3. The van der Waals surface area contributed by atoms with Crippen LogP contribution in [0.3, 0.4) is 0 Å². The summed E-state index contributed by atoms with van der Waals surface area (Å²) in [6, 6.07) is 16.7. The molecular formula is C36H41N3O7. The first kappa shape index (κ1) is 32.7. The second-order valence-electron chi connectivity index (χ2n) is 11.5. The van der Waals surface area contributed by atoms with Crippen LogP contribution in [-0.4, -0.2) is 84.1 Å². The highest BCUT2D eigenvalue weighted by molar-refractivity contribution is 5.87. The van der Waals surface area contributed by atoms with Crippen molar-refractivity contribution < 1.29 is 33.2 Å². The van der Waals surface area contributed by atoms with Gasteiger partial charge >= 0.3 is 5.97 Å². The summed E-state index contributed by atoms with van der Waals surface area (Å²) in [6.07, 6.45) is 4.15. The fourth-order valence-corrected chi connectivity index (χ4v) is 6.86. The summed E-state index contributed by atoms with van der Waals surface area (Å²) in [7, 11) is 12.1. The molecule has 0 radical (unpaired) electrons. The van der Waals surface area contributed by atoms with E-state index in [1.807, 2.05) is 62.6 Å². The lowest BCUT2D eigenvalue weighted by atomic mass is 9.82. The molecule has 5 rings (SSSR count). The summed E-state index contributed by atoms with van der Waals surface area (Å²) >= 11 is 0. The minimum absolute atomic E-state index is 0.0232. The molecule has 46 heavy (non-hydrogen) atoms. The van der Waals surface area contributed by atoms with Crippen LogP contribution < -0.4 is 23.7 Å². The Morgan fingerprint density at radius 1 is 0.848 bits per heavy atom. The Hall–Kier alpha value is -4.72. The van der Waals surface area contributed by atoms with Crippen molar-refractivity contribution in [1.29, 1.82) is 5.26 Å². The molecule has 0 spiro atoms. The van der Waals surface area contributed by atoms with Gasteiger partial charge in [-0.15, -0.1) is 0 Å². The number of likely N-dealkylation sites (N-methyl/N-ethyl adjacent to an activating group) is 1. The predicted octanol–water partition coefficient (Wildman–Crippen LogP) is 5.01. The highest BCUT2D eigenvalue weighted by Crippen LogP contribution is 2.48. The van der Waals surface area contributed by atoms with E-state index in [-0.39, 0.29) is 18.7 Å². The van der Waals surface area contributed by atoms with Gasteiger partial charge in [-0.25, -0.2) is 4.79 Å². The zero-order valence-electron chi connectivity index (χ0n) is 27.4. The van der Waals surface area contributed by atoms with E-state index in [4.69, 9.17) is 28.4 Å². The number of ether oxygens (including phenoxy) is 6. The summed E-state index contributed by atoms with van der Waals surface area (Å²) < 4.78 is 34.1. The molecule has 1 unspecified atom stereocenters. The van der Waals surface area contributed by atoms with Crippen LogP contribution in [-0.2, 0) is 22.4 Å². The van der Waals surface area contributed by atoms with Crippen LogP contribution in [0.5, 0.6) is 28.7 Å². The molecule has 0 fully saturated rings. The molecule has 0 bridgehead atoms. The van der Waals surface area contributed by atoms with E-state index in [0.717, 1.165) is 27.8 Å². The zero-order valence-corrected chi connectivity index (χ0v) is 27.4. The average Bonchev–Trinajstić information content (AvgIpc) is 3.21. The number of esters is 1. The van der Waals surface area contributed by atoms with Crippen LogP contribution in [0.1, 0.15) is 39.9 Å². The predicted molar refractivity (Wildman–Crippen MR) is 174 cm³/mol. The second-order valence-corrected chi connectivity index (χ2v) is 11.5. The summed E-state index contributed by atoms with van der Waals surface area (Å²) in [5, 5.41) is 10.7. The topological polar surface area (TPSA) is 103 Å². The molecule has 2 aliphatic heterocycles. The average molecular weight is 628 g/mol. The fraction of sp³-hybridized carbons (Fsp3) is 0.389. The van der Waals surface area contributed by atoms with Crippen LogP contribution in [0.2, 0.25) is 0 Å². The smallest absolute Gasteiger partial charge is 0.330 e. The number of nitriles is 1. The molecular weight excluding hydrogens is 586 g/mol. The van der Waals surface area contributed by atoms with Crippen LogP contribution in [0.4, 0.5) is 0 Å². The van der Waals surface area contributed by atoms with Crippen molar-refractivity contribution in [2.45, 2.75) is 37.0 Å².